The summed E-state index contributed by atoms with van der Waals surface area (Å²) in [6.45, 7) is 6.41. The maximum Gasteiger partial charge on any atom is 0.0506 e. The van der Waals surface area contributed by atoms with Crippen LogP contribution in [-0.2, 0) is 0 Å². The van der Waals surface area contributed by atoms with Gasteiger partial charge in [-0.05, 0) is 45.3 Å². The Morgan fingerprint density at radius 2 is 1.17 bits per heavy atom. The third-order valence-corrected chi connectivity index (χ3v) is 10.3. The van der Waals surface area contributed by atoms with Crippen LogP contribution >= 0.6 is 23.5 Å². The van der Waals surface area contributed by atoms with Crippen LogP contribution < -0.4 is 0 Å². The standard InChI is InChI=1S/C26H51NS2/c1-2-3-4-5-6-7-8-9-10-11-12-13-14-15-16-19-26-28-24-25(29-26)20-23-27-21-17-18-22-27/h25-26H,2-24H2,1H3. The van der Waals surface area contributed by atoms with Crippen LogP contribution in [0, 0.1) is 0 Å². The van der Waals surface area contributed by atoms with E-state index in [2.05, 4.69) is 35.3 Å². The monoisotopic (exact) mass is 441 g/mol. The Morgan fingerprint density at radius 3 is 1.72 bits per heavy atom. The second-order valence-corrected chi connectivity index (χ2v) is 12.6. The smallest absolute Gasteiger partial charge is 0.0506 e. The minimum Gasteiger partial charge on any atom is -0.303 e. The number of hydrogen-bond donors (Lipinski definition) is 0. The summed E-state index contributed by atoms with van der Waals surface area (Å²) >= 11 is 4.58. The van der Waals surface area contributed by atoms with Crippen molar-refractivity contribution in [2.75, 3.05) is 25.4 Å². The Labute approximate surface area is 192 Å². The molecule has 2 aliphatic rings. The van der Waals surface area contributed by atoms with Gasteiger partial charge >= 0.3 is 0 Å². The quantitative estimate of drug-likeness (QED) is 0.184. The minimum atomic E-state index is 0.917. The molecular formula is C26H51NS2. The molecule has 2 heterocycles. The molecule has 1 nitrogen and oxygen atoms in total. The first-order valence-corrected chi connectivity index (χ1v) is 15.4. The Kier molecular flexibility index (Phi) is 16.3. The van der Waals surface area contributed by atoms with E-state index >= 15 is 0 Å². The van der Waals surface area contributed by atoms with Crippen LogP contribution in [-0.4, -0.2) is 40.1 Å². The van der Waals surface area contributed by atoms with Gasteiger partial charge < -0.3 is 4.90 Å². The van der Waals surface area contributed by atoms with E-state index in [0.717, 1.165) is 9.83 Å². The molecule has 0 saturated carbocycles. The van der Waals surface area contributed by atoms with E-state index in [1.807, 2.05) is 0 Å². The van der Waals surface area contributed by atoms with Gasteiger partial charge in [0, 0.05) is 11.0 Å². The number of hydrogen-bond acceptors (Lipinski definition) is 3. The van der Waals surface area contributed by atoms with Gasteiger partial charge in [-0.25, -0.2) is 0 Å². The highest BCUT2D eigenvalue weighted by Gasteiger charge is 2.26. The van der Waals surface area contributed by atoms with Gasteiger partial charge in [0.1, 0.15) is 0 Å². The molecule has 0 aliphatic carbocycles. The Hall–Kier alpha value is 0.660. The second kappa shape index (κ2) is 18.3. The van der Waals surface area contributed by atoms with Crippen LogP contribution in [0.25, 0.3) is 0 Å². The van der Waals surface area contributed by atoms with Crippen molar-refractivity contribution in [3.63, 3.8) is 0 Å². The van der Waals surface area contributed by atoms with Crippen molar-refractivity contribution in [1.29, 1.82) is 0 Å². The zero-order chi connectivity index (χ0) is 20.4. The first kappa shape index (κ1) is 25.9. The van der Waals surface area contributed by atoms with Gasteiger partial charge in [-0.1, -0.05) is 103 Å². The highest BCUT2D eigenvalue weighted by Crippen LogP contribution is 2.42. The van der Waals surface area contributed by atoms with E-state index in [9.17, 15) is 0 Å². The average molecular weight is 442 g/mol. The molecule has 2 atom stereocenters. The van der Waals surface area contributed by atoms with Crippen molar-refractivity contribution in [3.05, 3.63) is 0 Å². The molecule has 2 rings (SSSR count). The summed E-state index contributed by atoms with van der Waals surface area (Å²) in [6.07, 6.45) is 27.9. The largest absolute Gasteiger partial charge is 0.303 e. The van der Waals surface area contributed by atoms with Gasteiger partial charge in [0.15, 0.2) is 0 Å². The Bertz CT molecular complexity index is 357. The van der Waals surface area contributed by atoms with E-state index < -0.39 is 0 Å². The SMILES string of the molecule is CCCCCCCCCCCCCCCCCC1SCC(CCN2CCCC2)S1. The van der Waals surface area contributed by atoms with Crippen molar-refractivity contribution in [3.8, 4) is 0 Å². The van der Waals surface area contributed by atoms with Crippen molar-refractivity contribution in [2.45, 2.75) is 139 Å². The summed E-state index contributed by atoms with van der Waals surface area (Å²) in [7, 11) is 0. The minimum absolute atomic E-state index is 0.917. The van der Waals surface area contributed by atoms with Crippen LogP contribution in [0.5, 0.6) is 0 Å². The zero-order valence-electron chi connectivity index (χ0n) is 19.7. The summed E-state index contributed by atoms with van der Waals surface area (Å²) in [5.41, 5.74) is 0. The molecule has 2 aliphatic heterocycles. The maximum atomic E-state index is 2.69. The molecule has 0 aromatic rings. The lowest BCUT2D eigenvalue weighted by Gasteiger charge is -2.17. The molecule has 0 aromatic carbocycles. The first-order chi connectivity index (χ1) is 14.4. The predicted molar refractivity (Wildman–Crippen MR) is 137 cm³/mol. The fourth-order valence-electron chi connectivity index (χ4n) is 4.83. The fraction of sp³-hybridized carbons (Fsp3) is 1.00. The van der Waals surface area contributed by atoms with Crippen LogP contribution in [0.1, 0.15) is 129 Å². The van der Waals surface area contributed by atoms with Crippen LogP contribution in [0.2, 0.25) is 0 Å². The van der Waals surface area contributed by atoms with Gasteiger partial charge in [-0.15, -0.1) is 23.5 Å². The number of nitrogens with zero attached hydrogens (tertiary/aromatic N) is 1. The molecular weight excluding hydrogens is 390 g/mol. The number of unbranched alkanes of at least 4 members (excludes halogenated alkanes) is 14. The summed E-state index contributed by atoms with van der Waals surface area (Å²) in [5, 5.41) is 0.946. The van der Waals surface area contributed by atoms with Crippen LogP contribution in [0.4, 0.5) is 0 Å². The van der Waals surface area contributed by atoms with Crippen molar-refractivity contribution in [2.24, 2.45) is 0 Å². The van der Waals surface area contributed by atoms with Crippen molar-refractivity contribution in [1.82, 2.24) is 4.90 Å². The summed E-state index contributed by atoms with van der Waals surface area (Å²) in [5.74, 6) is 1.42. The molecule has 29 heavy (non-hydrogen) atoms. The van der Waals surface area contributed by atoms with Gasteiger partial charge in [-0.3, -0.25) is 0 Å². The van der Waals surface area contributed by atoms with E-state index in [1.54, 1.807) is 0 Å². The Morgan fingerprint density at radius 1 is 0.655 bits per heavy atom. The summed E-state index contributed by atoms with van der Waals surface area (Å²) < 4.78 is 0.917. The number of rotatable bonds is 19. The van der Waals surface area contributed by atoms with Crippen molar-refractivity contribution < 1.29 is 0 Å². The maximum absolute atomic E-state index is 2.69. The lowest BCUT2D eigenvalue weighted by molar-refractivity contribution is 0.334. The van der Waals surface area contributed by atoms with E-state index in [-0.39, 0.29) is 0 Å². The van der Waals surface area contributed by atoms with Gasteiger partial charge in [0.2, 0.25) is 0 Å². The molecule has 0 radical (unpaired) electrons. The van der Waals surface area contributed by atoms with Crippen LogP contribution in [0.15, 0.2) is 0 Å². The second-order valence-electron chi connectivity index (χ2n) is 9.60. The molecule has 2 saturated heterocycles. The normalized spacial score (nSPS) is 22.7. The molecule has 0 spiro atoms. The molecule has 3 heteroatoms. The number of thioether (sulfide) groups is 2. The van der Waals surface area contributed by atoms with Gasteiger partial charge in [-0.2, -0.15) is 0 Å². The van der Waals surface area contributed by atoms with Gasteiger partial charge in [0.25, 0.3) is 0 Å². The molecule has 0 amide bonds. The summed E-state index contributed by atoms with van der Waals surface area (Å²) in [4.78, 5) is 2.69. The third-order valence-electron chi connectivity index (χ3n) is 6.82. The van der Waals surface area contributed by atoms with Gasteiger partial charge in [0.05, 0.1) is 4.58 Å². The molecule has 2 fully saturated rings. The summed E-state index contributed by atoms with van der Waals surface area (Å²) in [6, 6.07) is 0. The first-order valence-electron chi connectivity index (χ1n) is 13.4. The van der Waals surface area contributed by atoms with Crippen LogP contribution in [0.3, 0.4) is 0 Å². The molecule has 2 unspecified atom stereocenters. The molecule has 0 bridgehead atoms. The molecule has 0 aromatic heterocycles. The highest BCUT2D eigenvalue weighted by molar-refractivity contribution is 8.20. The Balaban J connectivity index is 1.27. The third kappa shape index (κ3) is 13.6. The predicted octanol–water partition coefficient (Wildman–Crippen LogP) is 8.91. The van der Waals surface area contributed by atoms with E-state index in [0.29, 0.717) is 0 Å². The molecule has 172 valence electrons. The topological polar surface area (TPSA) is 3.24 Å². The molecule has 0 N–H and O–H groups in total. The van der Waals surface area contributed by atoms with Crippen molar-refractivity contribution >= 4 is 23.5 Å². The number of likely N-dealkylation sites (tertiary alicyclic amines) is 1. The highest BCUT2D eigenvalue weighted by atomic mass is 32.2. The fourth-order valence-corrected chi connectivity index (χ4v) is 8.30. The average Bonchev–Trinajstić information content (AvgIpc) is 3.41. The zero-order valence-corrected chi connectivity index (χ0v) is 21.3. The van der Waals surface area contributed by atoms with E-state index in [4.69, 9.17) is 0 Å². The van der Waals surface area contributed by atoms with E-state index in [1.165, 1.54) is 147 Å². The lowest BCUT2D eigenvalue weighted by Crippen LogP contribution is -2.23. The lowest BCUT2D eigenvalue weighted by atomic mass is 10.0.